The first-order chi connectivity index (χ1) is 7.15. The van der Waals surface area contributed by atoms with Gasteiger partial charge >= 0.3 is 5.97 Å². The summed E-state index contributed by atoms with van der Waals surface area (Å²) in [5.41, 5.74) is 0. The zero-order chi connectivity index (χ0) is 11.7. The molecule has 4 nitrogen and oxygen atoms in total. The Morgan fingerprint density at radius 3 is 2.53 bits per heavy atom. The van der Waals surface area contributed by atoms with Crippen molar-refractivity contribution in [2.24, 2.45) is 0 Å². The van der Waals surface area contributed by atoms with Crippen LogP contribution in [0, 0.1) is 0 Å². The molecule has 0 aliphatic rings. The van der Waals surface area contributed by atoms with E-state index in [0.717, 1.165) is 12.8 Å². The number of esters is 1. The van der Waals surface area contributed by atoms with Crippen LogP contribution in [0.15, 0.2) is 0 Å². The molecule has 0 spiro atoms. The fraction of sp³-hybridized carbons (Fsp3) is 0.909. The van der Waals surface area contributed by atoms with Crippen LogP contribution in [0.4, 0.5) is 0 Å². The number of hydrogen-bond acceptors (Lipinski definition) is 4. The number of ether oxygens (including phenoxy) is 2. The van der Waals surface area contributed by atoms with E-state index in [1.165, 1.54) is 0 Å². The molecule has 2 atom stereocenters. The highest BCUT2D eigenvalue weighted by Crippen LogP contribution is 2.00. The van der Waals surface area contributed by atoms with Crippen LogP contribution in [-0.4, -0.2) is 38.4 Å². The van der Waals surface area contributed by atoms with Crippen LogP contribution in [-0.2, 0) is 14.3 Å². The third-order valence-electron chi connectivity index (χ3n) is 2.22. The van der Waals surface area contributed by atoms with Crippen molar-refractivity contribution in [2.45, 2.75) is 45.7 Å². The summed E-state index contributed by atoms with van der Waals surface area (Å²) in [6.07, 6.45) is 1.64. The van der Waals surface area contributed by atoms with Crippen molar-refractivity contribution in [3.8, 4) is 0 Å². The van der Waals surface area contributed by atoms with E-state index in [4.69, 9.17) is 9.47 Å². The second-order valence-electron chi connectivity index (χ2n) is 3.56. The molecule has 15 heavy (non-hydrogen) atoms. The Hall–Kier alpha value is -0.610. The van der Waals surface area contributed by atoms with Gasteiger partial charge in [0.2, 0.25) is 0 Å². The van der Waals surface area contributed by atoms with Crippen molar-refractivity contribution < 1.29 is 14.3 Å². The molecule has 0 aromatic rings. The monoisotopic (exact) mass is 217 g/mol. The predicted octanol–water partition coefficient (Wildman–Crippen LogP) is 1.34. The molecule has 0 heterocycles. The lowest BCUT2D eigenvalue weighted by Crippen LogP contribution is -2.43. The average Bonchev–Trinajstić information content (AvgIpc) is 2.23. The highest BCUT2D eigenvalue weighted by Gasteiger charge is 2.18. The van der Waals surface area contributed by atoms with Crippen molar-refractivity contribution in [3.63, 3.8) is 0 Å². The Morgan fingerprint density at radius 2 is 2.07 bits per heavy atom. The van der Waals surface area contributed by atoms with Crippen molar-refractivity contribution in [3.05, 3.63) is 0 Å². The molecule has 90 valence electrons. The third-order valence-corrected chi connectivity index (χ3v) is 2.22. The van der Waals surface area contributed by atoms with Gasteiger partial charge in [0.25, 0.3) is 0 Å². The predicted molar refractivity (Wildman–Crippen MR) is 59.8 cm³/mol. The van der Waals surface area contributed by atoms with E-state index >= 15 is 0 Å². The number of carbonyl (C=O) groups is 1. The molecule has 1 N–H and O–H groups in total. The first-order valence-electron chi connectivity index (χ1n) is 5.57. The van der Waals surface area contributed by atoms with Gasteiger partial charge in [-0.25, -0.2) is 0 Å². The second kappa shape index (κ2) is 8.68. The molecule has 4 heteroatoms. The topological polar surface area (TPSA) is 47.6 Å². The van der Waals surface area contributed by atoms with Crippen LogP contribution in [0.2, 0.25) is 0 Å². The number of hydrogen-bond donors (Lipinski definition) is 1. The first kappa shape index (κ1) is 14.4. The summed E-state index contributed by atoms with van der Waals surface area (Å²) >= 11 is 0. The lowest BCUT2D eigenvalue weighted by Gasteiger charge is -2.20. The highest BCUT2D eigenvalue weighted by atomic mass is 16.5. The minimum atomic E-state index is -0.197. The fourth-order valence-electron chi connectivity index (χ4n) is 1.32. The molecule has 0 radical (unpaired) electrons. The van der Waals surface area contributed by atoms with Gasteiger partial charge in [-0.15, -0.1) is 0 Å². The maximum atomic E-state index is 11.5. The summed E-state index contributed by atoms with van der Waals surface area (Å²) in [5, 5.41) is 3.23. The van der Waals surface area contributed by atoms with Gasteiger partial charge in [-0.1, -0.05) is 6.92 Å². The van der Waals surface area contributed by atoms with Crippen LogP contribution in [0.5, 0.6) is 0 Å². The van der Waals surface area contributed by atoms with Gasteiger partial charge < -0.3 is 14.8 Å². The molecule has 0 aromatic heterocycles. The summed E-state index contributed by atoms with van der Waals surface area (Å²) in [4.78, 5) is 11.5. The van der Waals surface area contributed by atoms with Crippen LogP contribution in [0.25, 0.3) is 0 Å². The van der Waals surface area contributed by atoms with Gasteiger partial charge in [0.05, 0.1) is 6.61 Å². The molecule has 0 aliphatic heterocycles. The van der Waals surface area contributed by atoms with Gasteiger partial charge in [0.1, 0.15) is 6.04 Å². The zero-order valence-corrected chi connectivity index (χ0v) is 10.2. The van der Waals surface area contributed by atoms with E-state index in [-0.39, 0.29) is 18.1 Å². The van der Waals surface area contributed by atoms with Crippen molar-refractivity contribution >= 4 is 5.97 Å². The molecule has 0 saturated carbocycles. The molecule has 0 aliphatic carbocycles. The molecule has 2 unspecified atom stereocenters. The van der Waals surface area contributed by atoms with E-state index in [1.54, 1.807) is 7.11 Å². The second-order valence-corrected chi connectivity index (χ2v) is 3.56. The van der Waals surface area contributed by atoms with E-state index in [0.29, 0.717) is 13.2 Å². The summed E-state index contributed by atoms with van der Waals surface area (Å²) in [6.45, 7) is 6.97. The fourth-order valence-corrected chi connectivity index (χ4v) is 1.32. The Labute approximate surface area is 92.3 Å². The summed E-state index contributed by atoms with van der Waals surface area (Å²) in [5.74, 6) is -0.163. The average molecular weight is 217 g/mol. The zero-order valence-electron chi connectivity index (χ0n) is 10.2. The van der Waals surface area contributed by atoms with E-state index in [2.05, 4.69) is 5.32 Å². The quantitative estimate of drug-likeness (QED) is 0.623. The molecule has 0 aromatic carbocycles. The standard InChI is InChI=1S/C11H23NO3/c1-5-10(11(13)15-6-2)12-9(3)7-8-14-4/h9-10,12H,5-8H2,1-4H3. The maximum absolute atomic E-state index is 11.5. The summed E-state index contributed by atoms with van der Waals surface area (Å²) in [6, 6.07) is 0.0658. The molecule has 0 saturated heterocycles. The molecular formula is C11H23NO3. The Kier molecular flexibility index (Phi) is 8.33. The minimum Gasteiger partial charge on any atom is -0.465 e. The van der Waals surface area contributed by atoms with Crippen molar-refractivity contribution in [2.75, 3.05) is 20.3 Å². The lowest BCUT2D eigenvalue weighted by molar-refractivity contribution is -0.146. The van der Waals surface area contributed by atoms with E-state index in [1.807, 2.05) is 20.8 Å². The first-order valence-corrected chi connectivity index (χ1v) is 5.57. The number of nitrogens with one attached hydrogen (secondary N) is 1. The lowest BCUT2D eigenvalue weighted by atomic mass is 10.1. The summed E-state index contributed by atoms with van der Waals surface area (Å²) in [7, 11) is 1.68. The third kappa shape index (κ3) is 6.47. The van der Waals surface area contributed by atoms with E-state index in [9.17, 15) is 4.79 Å². The van der Waals surface area contributed by atoms with Crippen molar-refractivity contribution in [1.29, 1.82) is 0 Å². The molecule has 0 rings (SSSR count). The number of methoxy groups -OCH3 is 1. The minimum absolute atomic E-state index is 0.163. The largest absolute Gasteiger partial charge is 0.465 e. The Morgan fingerprint density at radius 1 is 1.40 bits per heavy atom. The SMILES string of the molecule is CCOC(=O)C(CC)NC(C)CCOC. The number of rotatable bonds is 8. The maximum Gasteiger partial charge on any atom is 0.323 e. The smallest absolute Gasteiger partial charge is 0.323 e. The van der Waals surface area contributed by atoms with Gasteiger partial charge in [0, 0.05) is 19.8 Å². The highest BCUT2D eigenvalue weighted by molar-refractivity contribution is 5.75. The molecule has 0 fully saturated rings. The molecule has 0 amide bonds. The number of carbonyl (C=O) groups excluding carboxylic acids is 1. The van der Waals surface area contributed by atoms with Gasteiger partial charge in [-0.05, 0) is 26.7 Å². The Balaban J connectivity index is 3.91. The van der Waals surface area contributed by atoms with Gasteiger partial charge in [-0.3, -0.25) is 4.79 Å². The van der Waals surface area contributed by atoms with Crippen LogP contribution >= 0.6 is 0 Å². The van der Waals surface area contributed by atoms with Gasteiger partial charge in [0.15, 0.2) is 0 Å². The molecular weight excluding hydrogens is 194 g/mol. The van der Waals surface area contributed by atoms with Crippen LogP contribution < -0.4 is 5.32 Å². The van der Waals surface area contributed by atoms with Gasteiger partial charge in [-0.2, -0.15) is 0 Å². The van der Waals surface area contributed by atoms with Crippen LogP contribution in [0.1, 0.15) is 33.6 Å². The summed E-state index contributed by atoms with van der Waals surface area (Å²) < 4.78 is 9.95. The van der Waals surface area contributed by atoms with E-state index < -0.39 is 0 Å². The normalized spacial score (nSPS) is 14.7. The van der Waals surface area contributed by atoms with Crippen molar-refractivity contribution in [1.82, 2.24) is 5.32 Å². The molecule has 0 bridgehead atoms. The van der Waals surface area contributed by atoms with Crippen LogP contribution in [0.3, 0.4) is 0 Å². The Bertz CT molecular complexity index is 173.